The molecule has 0 heterocycles. The minimum absolute atomic E-state index is 0.106. The van der Waals surface area contributed by atoms with Gasteiger partial charge in [-0.2, -0.15) is 0 Å². The topological polar surface area (TPSA) is 30.5 Å². The second kappa shape index (κ2) is 6.67. The number of ether oxygens (including phenoxy) is 2. The Bertz CT molecular complexity index is 473. The van der Waals surface area contributed by atoms with Gasteiger partial charge in [-0.15, -0.1) is 0 Å². The number of halogens is 2. The molecule has 1 saturated carbocycles. The molecule has 0 radical (unpaired) electrons. The van der Waals surface area contributed by atoms with E-state index in [9.17, 15) is 0 Å². The third-order valence-electron chi connectivity index (χ3n) is 3.27. The first-order valence-corrected chi connectivity index (χ1v) is 8.39. The second-order valence-electron chi connectivity index (χ2n) is 6.03. The third-order valence-corrected chi connectivity index (χ3v) is 4.51. The summed E-state index contributed by atoms with van der Waals surface area (Å²) in [6, 6.07) is 4.58. The van der Waals surface area contributed by atoms with E-state index < -0.39 is 0 Å². The quantitative estimate of drug-likeness (QED) is 0.728. The van der Waals surface area contributed by atoms with E-state index in [1.165, 1.54) is 12.8 Å². The van der Waals surface area contributed by atoms with Crippen LogP contribution in [0.4, 0.5) is 0 Å². The Morgan fingerprint density at radius 1 is 1.20 bits per heavy atom. The van der Waals surface area contributed by atoms with Gasteiger partial charge in [0.15, 0.2) is 0 Å². The lowest BCUT2D eigenvalue weighted by Gasteiger charge is -2.25. The molecule has 0 aromatic heterocycles. The molecule has 0 amide bonds. The fourth-order valence-corrected chi connectivity index (χ4v) is 2.73. The van der Waals surface area contributed by atoms with Crippen LogP contribution >= 0.6 is 31.9 Å². The Hall–Kier alpha value is -0.260. The number of hydrogen-bond donors (Lipinski definition) is 1. The summed E-state index contributed by atoms with van der Waals surface area (Å²) in [6.45, 7) is 6.08. The number of nitrogens with one attached hydrogen (secondary N) is 1. The monoisotopic (exact) mass is 405 g/mol. The fourth-order valence-electron chi connectivity index (χ4n) is 1.81. The van der Waals surface area contributed by atoms with Gasteiger partial charge in [0.1, 0.15) is 11.5 Å². The summed E-state index contributed by atoms with van der Waals surface area (Å²) in [4.78, 5) is 0. The maximum atomic E-state index is 5.96. The molecule has 1 aromatic rings. The van der Waals surface area contributed by atoms with Gasteiger partial charge >= 0.3 is 0 Å². The summed E-state index contributed by atoms with van der Waals surface area (Å²) in [5, 5.41) is 3.56. The molecule has 0 saturated heterocycles. The molecule has 1 aliphatic carbocycles. The molecule has 20 heavy (non-hydrogen) atoms. The van der Waals surface area contributed by atoms with Crippen molar-refractivity contribution >= 4 is 31.9 Å². The maximum absolute atomic E-state index is 5.96. The summed E-state index contributed by atoms with van der Waals surface area (Å²) < 4.78 is 13.0. The number of hydrogen-bond acceptors (Lipinski definition) is 3. The van der Waals surface area contributed by atoms with Gasteiger partial charge in [0.05, 0.1) is 22.7 Å². The number of benzene rings is 1. The van der Waals surface area contributed by atoms with Gasteiger partial charge in [-0.1, -0.05) is 13.8 Å². The molecule has 0 unspecified atom stereocenters. The fraction of sp³-hybridized carbons (Fsp3) is 0.600. The van der Waals surface area contributed by atoms with Crippen LogP contribution < -0.4 is 14.8 Å². The second-order valence-corrected chi connectivity index (χ2v) is 7.73. The van der Waals surface area contributed by atoms with Gasteiger partial charge in [0.2, 0.25) is 0 Å². The first-order chi connectivity index (χ1) is 9.41. The van der Waals surface area contributed by atoms with Crippen molar-refractivity contribution in [2.24, 2.45) is 5.41 Å². The van der Waals surface area contributed by atoms with Crippen LogP contribution in [0, 0.1) is 5.41 Å². The molecule has 1 aliphatic rings. The lowest BCUT2D eigenvalue weighted by Crippen LogP contribution is -2.35. The highest BCUT2D eigenvalue weighted by atomic mass is 79.9. The molecule has 1 aromatic carbocycles. The van der Waals surface area contributed by atoms with Gasteiger partial charge in [0, 0.05) is 18.0 Å². The first kappa shape index (κ1) is 16.1. The largest absolute Gasteiger partial charge is 0.496 e. The minimum atomic E-state index is 0.106. The van der Waals surface area contributed by atoms with Crippen molar-refractivity contribution in [1.29, 1.82) is 0 Å². The molecular formula is C15H21Br2NO2. The summed E-state index contributed by atoms with van der Waals surface area (Å²) >= 11 is 7.00. The molecule has 0 atom stereocenters. The van der Waals surface area contributed by atoms with Gasteiger partial charge in [0.25, 0.3) is 0 Å². The highest BCUT2D eigenvalue weighted by molar-refractivity contribution is 9.11. The van der Waals surface area contributed by atoms with Crippen LogP contribution in [0.5, 0.6) is 11.5 Å². The van der Waals surface area contributed by atoms with Crippen molar-refractivity contribution in [3.05, 3.63) is 21.1 Å². The predicted molar refractivity (Wildman–Crippen MR) is 88.7 cm³/mol. The van der Waals surface area contributed by atoms with Crippen molar-refractivity contribution in [1.82, 2.24) is 5.32 Å². The van der Waals surface area contributed by atoms with Gasteiger partial charge in [-0.05, 0) is 56.8 Å². The van der Waals surface area contributed by atoms with Crippen LogP contribution in [0.2, 0.25) is 0 Å². The van der Waals surface area contributed by atoms with Crippen LogP contribution in [-0.2, 0) is 0 Å². The molecule has 5 heteroatoms. The van der Waals surface area contributed by atoms with Crippen molar-refractivity contribution in [3.8, 4) is 11.5 Å². The molecule has 1 fully saturated rings. The summed E-state index contributed by atoms with van der Waals surface area (Å²) in [5.74, 6) is 1.62. The Kier molecular flexibility index (Phi) is 5.37. The average Bonchev–Trinajstić information content (AvgIpc) is 3.21. The van der Waals surface area contributed by atoms with E-state index in [-0.39, 0.29) is 5.41 Å². The van der Waals surface area contributed by atoms with Crippen molar-refractivity contribution in [3.63, 3.8) is 0 Å². The zero-order valence-corrected chi connectivity index (χ0v) is 15.3. The van der Waals surface area contributed by atoms with Crippen LogP contribution in [0.25, 0.3) is 0 Å². The van der Waals surface area contributed by atoms with Crippen molar-refractivity contribution in [2.75, 3.05) is 20.3 Å². The highest BCUT2D eigenvalue weighted by Crippen LogP contribution is 2.36. The third kappa shape index (κ3) is 4.64. The van der Waals surface area contributed by atoms with E-state index in [2.05, 4.69) is 51.0 Å². The van der Waals surface area contributed by atoms with Crippen LogP contribution in [0.15, 0.2) is 21.1 Å². The predicted octanol–water partition coefficient (Wildman–Crippen LogP) is 4.38. The minimum Gasteiger partial charge on any atom is -0.496 e. The van der Waals surface area contributed by atoms with Gasteiger partial charge < -0.3 is 14.8 Å². The Morgan fingerprint density at radius 3 is 2.40 bits per heavy atom. The van der Waals surface area contributed by atoms with E-state index >= 15 is 0 Å². The molecule has 0 bridgehead atoms. The van der Waals surface area contributed by atoms with Crippen LogP contribution in [0.1, 0.15) is 26.7 Å². The lowest BCUT2D eigenvalue weighted by molar-refractivity contribution is 0.175. The lowest BCUT2D eigenvalue weighted by atomic mass is 9.95. The standard InChI is InChI=1S/C15H21Br2NO2/c1-15(2,8-18-10-4-5-10)9-20-14-7-11(16)13(19-3)6-12(14)17/h6-7,10,18H,4-5,8-9H2,1-3H3. The zero-order chi connectivity index (χ0) is 14.8. The summed E-state index contributed by atoms with van der Waals surface area (Å²) in [5.41, 5.74) is 0.106. The molecule has 0 aliphatic heterocycles. The van der Waals surface area contributed by atoms with E-state index in [0.29, 0.717) is 6.61 Å². The smallest absolute Gasteiger partial charge is 0.134 e. The zero-order valence-electron chi connectivity index (χ0n) is 12.1. The Morgan fingerprint density at radius 2 is 1.80 bits per heavy atom. The maximum Gasteiger partial charge on any atom is 0.134 e. The first-order valence-electron chi connectivity index (χ1n) is 6.80. The molecule has 1 N–H and O–H groups in total. The molecule has 0 spiro atoms. The Labute approximate surface area is 137 Å². The van der Waals surface area contributed by atoms with E-state index in [1.807, 2.05) is 12.1 Å². The highest BCUT2D eigenvalue weighted by Gasteiger charge is 2.26. The molecule has 3 nitrogen and oxygen atoms in total. The number of methoxy groups -OCH3 is 1. The Balaban J connectivity index is 1.93. The van der Waals surface area contributed by atoms with E-state index in [4.69, 9.17) is 9.47 Å². The molecule has 2 rings (SSSR count). The summed E-state index contributed by atoms with van der Waals surface area (Å²) in [7, 11) is 1.65. The van der Waals surface area contributed by atoms with Crippen LogP contribution in [0.3, 0.4) is 0 Å². The summed E-state index contributed by atoms with van der Waals surface area (Å²) in [6.07, 6.45) is 2.63. The van der Waals surface area contributed by atoms with E-state index in [1.54, 1.807) is 7.11 Å². The van der Waals surface area contributed by atoms with Gasteiger partial charge in [-0.3, -0.25) is 0 Å². The van der Waals surface area contributed by atoms with Crippen LogP contribution in [-0.4, -0.2) is 26.3 Å². The number of rotatable bonds is 7. The molecule has 112 valence electrons. The van der Waals surface area contributed by atoms with Crippen molar-refractivity contribution in [2.45, 2.75) is 32.7 Å². The van der Waals surface area contributed by atoms with Gasteiger partial charge in [-0.25, -0.2) is 0 Å². The average molecular weight is 407 g/mol. The van der Waals surface area contributed by atoms with E-state index in [0.717, 1.165) is 33.0 Å². The normalized spacial score (nSPS) is 15.2. The molecular weight excluding hydrogens is 386 g/mol. The SMILES string of the molecule is COc1cc(Br)c(OCC(C)(C)CNC2CC2)cc1Br. The van der Waals surface area contributed by atoms with Crippen molar-refractivity contribution < 1.29 is 9.47 Å².